The molecule has 0 saturated carbocycles. The maximum Gasteiger partial charge on any atom is 0.338 e. The van der Waals surface area contributed by atoms with Crippen LogP contribution in [0.5, 0.6) is 0 Å². The quantitative estimate of drug-likeness (QED) is 0.601. The summed E-state index contributed by atoms with van der Waals surface area (Å²) in [4.78, 5) is 26.1. The van der Waals surface area contributed by atoms with E-state index < -0.39 is 11.6 Å². The monoisotopic (exact) mass is 338 g/mol. The molecule has 6 heteroatoms. The second-order valence-electron chi connectivity index (χ2n) is 7.84. The first-order chi connectivity index (χ1) is 11.3. The average molecular weight is 338 g/mol. The van der Waals surface area contributed by atoms with E-state index in [2.05, 4.69) is 0 Å². The normalized spacial score (nSPS) is 45.8. The summed E-state index contributed by atoms with van der Waals surface area (Å²) >= 11 is 0. The second kappa shape index (κ2) is 6.48. The summed E-state index contributed by atoms with van der Waals surface area (Å²) in [6.07, 6.45) is 3.64. The lowest BCUT2D eigenvalue weighted by Crippen LogP contribution is -3.12. The zero-order valence-electron chi connectivity index (χ0n) is 14.7. The molecule has 3 heterocycles. The van der Waals surface area contributed by atoms with Gasteiger partial charge < -0.3 is 19.5 Å². The van der Waals surface area contributed by atoms with Crippen molar-refractivity contribution in [2.24, 2.45) is 11.8 Å². The highest BCUT2D eigenvalue weighted by atomic mass is 16.6. The molecule has 0 aromatic heterocycles. The SMILES string of the molecule is C/C1=C/C(=O)O[C@@H]2CC[NH+]3CC[C@H](COC(=O)[C@@](C)(O)[C@@H](C)C1)[C@H]23. The Morgan fingerprint density at radius 1 is 1.29 bits per heavy atom. The molecular weight excluding hydrogens is 310 g/mol. The standard InChI is InChI=1S/C18H27NO5/c1-11-8-12(2)18(3,22)17(21)23-10-13-4-6-19-7-5-14(16(13)19)24-15(20)9-11/h9,12-14,16,22H,4-8,10H2,1-3H3/p+1/b11-9-/t12-,13+,14+,16+,18-/m0/s1. The van der Waals surface area contributed by atoms with E-state index in [9.17, 15) is 14.7 Å². The summed E-state index contributed by atoms with van der Waals surface area (Å²) in [7, 11) is 0. The van der Waals surface area contributed by atoms with Gasteiger partial charge in [-0.2, -0.15) is 0 Å². The first-order valence-corrected chi connectivity index (χ1v) is 8.91. The van der Waals surface area contributed by atoms with Crippen LogP contribution in [0.3, 0.4) is 0 Å². The van der Waals surface area contributed by atoms with Crippen molar-refractivity contribution in [2.75, 3.05) is 19.7 Å². The molecule has 0 aromatic rings. The Kier molecular flexibility index (Phi) is 4.71. The highest BCUT2D eigenvalue weighted by Crippen LogP contribution is 2.28. The Balaban J connectivity index is 1.86. The van der Waals surface area contributed by atoms with Crippen molar-refractivity contribution in [2.45, 2.75) is 57.8 Å². The maximum atomic E-state index is 12.4. The molecule has 24 heavy (non-hydrogen) atoms. The van der Waals surface area contributed by atoms with Crippen LogP contribution in [0.25, 0.3) is 0 Å². The molecule has 0 aromatic carbocycles. The van der Waals surface area contributed by atoms with Crippen molar-refractivity contribution in [3.05, 3.63) is 11.6 Å². The number of ether oxygens (including phenoxy) is 2. The Labute approximate surface area is 142 Å². The minimum atomic E-state index is -1.56. The van der Waals surface area contributed by atoms with E-state index in [-0.39, 0.29) is 36.6 Å². The van der Waals surface area contributed by atoms with Crippen molar-refractivity contribution in [1.29, 1.82) is 0 Å². The van der Waals surface area contributed by atoms with E-state index in [1.807, 2.05) is 6.92 Å². The lowest BCUT2D eigenvalue weighted by Gasteiger charge is -2.29. The third-order valence-electron chi connectivity index (χ3n) is 6.03. The van der Waals surface area contributed by atoms with Crippen LogP contribution in [-0.4, -0.2) is 54.5 Å². The molecule has 0 aliphatic carbocycles. The smallest absolute Gasteiger partial charge is 0.338 e. The number of hydrogen-bond donors (Lipinski definition) is 2. The predicted molar refractivity (Wildman–Crippen MR) is 86.2 cm³/mol. The molecule has 6 atom stereocenters. The first kappa shape index (κ1) is 17.4. The van der Waals surface area contributed by atoms with Crippen molar-refractivity contribution < 1.29 is 29.1 Å². The van der Waals surface area contributed by atoms with E-state index in [1.165, 1.54) is 17.9 Å². The van der Waals surface area contributed by atoms with Crippen LogP contribution in [0, 0.1) is 11.8 Å². The van der Waals surface area contributed by atoms with E-state index in [0.29, 0.717) is 6.42 Å². The number of rotatable bonds is 0. The maximum absolute atomic E-state index is 12.4. The topological polar surface area (TPSA) is 77.3 Å². The zero-order chi connectivity index (χ0) is 17.5. The molecule has 1 unspecified atom stereocenters. The van der Waals surface area contributed by atoms with Crippen LogP contribution < -0.4 is 4.90 Å². The summed E-state index contributed by atoms with van der Waals surface area (Å²) in [5.41, 5.74) is -0.766. The van der Waals surface area contributed by atoms with Crippen LogP contribution in [0.2, 0.25) is 0 Å². The van der Waals surface area contributed by atoms with Crippen molar-refractivity contribution >= 4 is 11.9 Å². The predicted octanol–water partition coefficient (Wildman–Crippen LogP) is -0.144. The summed E-state index contributed by atoms with van der Waals surface area (Å²) in [6.45, 7) is 7.41. The molecule has 3 aliphatic rings. The van der Waals surface area contributed by atoms with Crippen molar-refractivity contribution in [1.82, 2.24) is 0 Å². The number of carbonyl (C=O) groups is 2. The minimum Gasteiger partial charge on any atom is -0.463 e. The first-order valence-electron chi connectivity index (χ1n) is 8.91. The number of cyclic esters (lactones) is 1. The van der Waals surface area contributed by atoms with Gasteiger partial charge >= 0.3 is 11.9 Å². The Hall–Kier alpha value is -1.40. The molecule has 0 amide bonds. The largest absolute Gasteiger partial charge is 0.463 e. The highest BCUT2D eigenvalue weighted by Gasteiger charge is 2.50. The molecular formula is C18H28NO5+. The number of esters is 2. The van der Waals surface area contributed by atoms with Crippen LogP contribution in [-0.2, 0) is 19.1 Å². The van der Waals surface area contributed by atoms with Crippen molar-refractivity contribution in [3.8, 4) is 0 Å². The third kappa shape index (κ3) is 3.22. The number of aliphatic hydroxyl groups is 1. The number of carbonyl (C=O) groups excluding carboxylic acids is 2. The van der Waals surface area contributed by atoms with Crippen LogP contribution in [0.4, 0.5) is 0 Å². The molecule has 3 aliphatic heterocycles. The van der Waals surface area contributed by atoms with Gasteiger partial charge in [-0.1, -0.05) is 12.5 Å². The molecule has 2 saturated heterocycles. The zero-order valence-corrected chi connectivity index (χ0v) is 14.7. The van der Waals surface area contributed by atoms with Gasteiger partial charge in [0.1, 0.15) is 12.6 Å². The molecule has 0 bridgehead atoms. The molecule has 134 valence electrons. The Bertz CT molecular complexity index is 556. The average Bonchev–Trinajstić information content (AvgIpc) is 3.06. The van der Waals surface area contributed by atoms with Gasteiger partial charge in [0.15, 0.2) is 11.7 Å². The highest BCUT2D eigenvalue weighted by molar-refractivity contribution is 5.83. The van der Waals surface area contributed by atoms with E-state index in [1.54, 1.807) is 6.92 Å². The van der Waals surface area contributed by atoms with Crippen LogP contribution >= 0.6 is 0 Å². The number of allylic oxidation sites excluding steroid dienone is 1. The lowest BCUT2D eigenvalue weighted by molar-refractivity contribution is -0.902. The summed E-state index contributed by atoms with van der Waals surface area (Å²) < 4.78 is 11.2. The minimum absolute atomic E-state index is 0.110. The molecule has 0 radical (unpaired) electrons. The molecule has 0 spiro atoms. The fourth-order valence-corrected chi connectivity index (χ4v) is 4.39. The molecule has 6 nitrogen and oxygen atoms in total. The fraction of sp³-hybridized carbons (Fsp3) is 0.778. The van der Waals surface area contributed by atoms with Gasteiger partial charge in [0.25, 0.3) is 0 Å². The van der Waals surface area contributed by atoms with Gasteiger partial charge in [-0.15, -0.1) is 0 Å². The molecule has 2 fully saturated rings. The summed E-state index contributed by atoms with van der Waals surface area (Å²) in [5.74, 6) is -1.05. The van der Waals surface area contributed by atoms with Gasteiger partial charge in [-0.25, -0.2) is 9.59 Å². The second-order valence-corrected chi connectivity index (χ2v) is 7.84. The lowest BCUT2D eigenvalue weighted by atomic mass is 9.85. The number of nitrogens with one attached hydrogen (secondary N) is 1. The van der Waals surface area contributed by atoms with Gasteiger partial charge in [0, 0.05) is 18.9 Å². The Morgan fingerprint density at radius 3 is 2.75 bits per heavy atom. The van der Waals surface area contributed by atoms with E-state index >= 15 is 0 Å². The van der Waals surface area contributed by atoms with Crippen LogP contribution in [0.1, 0.15) is 40.0 Å². The molecule has 3 rings (SSSR count). The van der Waals surface area contributed by atoms with E-state index in [0.717, 1.165) is 31.5 Å². The third-order valence-corrected chi connectivity index (χ3v) is 6.03. The Morgan fingerprint density at radius 2 is 2.00 bits per heavy atom. The summed E-state index contributed by atoms with van der Waals surface area (Å²) in [6, 6.07) is 0.193. The van der Waals surface area contributed by atoms with Gasteiger partial charge in [0.2, 0.25) is 0 Å². The van der Waals surface area contributed by atoms with Gasteiger partial charge in [0.05, 0.1) is 19.0 Å². The van der Waals surface area contributed by atoms with Crippen LogP contribution in [0.15, 0.2) is 11.6 Å². The number of quaternary nitrogens is 1. The van der Waals surface area contributed by atoms with E-state index in [4.69, 9.17) is 9.47 Å². The number of hydrogen-bond acceptors (Lipinski definition) is 5. The summed E-state index contributed by atoms with van der Waals surface area (Å²) in [5, 5.41) is 10.6. The fourth-order valence-electron chi connectivity index (χ4n) is 4.39. The van der Waals surface area contributed by atoms with Gasteiger partial charge in [-0.05, 0) is 26.2 Å². The molecule has 2 N–H and O–H groups in total. The van der Waals surface area contributed by atoms with Gasteiger partial charge in [-0.3, -0.25) is 0 Å². The van der Waals surface area contributed by atoms with Crippen molar-refractivity contribution in [3.63, 3.8) is 0 Å².